The van der Waals surface area contributed by atoms with E-state index in [4.69, 9.17) is 4.43 Å². The molecule has 0 radical (unpaired) electrons. The first-order valence-electron chi connectivity index (χ1n) is 9.07. The zero-order chi connectivity index (χ0) is 18.5. The molecular weight excluding hydrogens is 324 g/mol. The van der Waals surface area contributed by atoms with Crippen molar-refractivity contribution in [3.8, 4) is 0 Å². The molecule has 0 atom stereocenters. The normalized spacial score (nSPS) is 12.4. The molecule has 0 aliphatic heterocycles. The van der Waals surface area contributed by atoms with E-state index in [-0.39, 0.29) is 16.7 Å². The SMILES string of the molecule is CC(C)C(=O)CCO[Si](c1ccccc1)(c1ccccc1)C(C)(C)C. The van der Waals surface area contributed by atoms with E-state index in [1.54, 1.807) is 0 Å². The van der Waals surface area contributed by atoms with Crippen molar-refractivity contribution in [1.82, 2.24) is 0 Å². The van der Waals surface area contributed by atoms with E-state index in [2.05, 4.69) is 69.3 Å². The van der Waals surface area contributed by atoms with Crippen LogP contribution in [0, 0.1) is 5.92 Å². The summed E-state index contributed by atoms with van der Waals surface area (Å²) >= 11 is 0. The maximum atomic E-state index is 12.1. The van der Waals surface area contributed by atoms with Gasteiger partial charge in [-0.05, 0) is 15.4 Å². The summed E-state index contributed by atoms with van der Waals surface area (Å²) in [4.78, 5) is 12.1. The maximum absolute atomic E-state index is 12.1. The number of hydrogen-bond acceptors (Lipinski definition) is 2. The van der Waals surface area contributed by atoms with Crippen molar-refractivity contribution in [2.45, 2.75) is 46.1 Å². The van der Waals surface area contributed by atoms with Gasteiger partial charge in [0, 0.05) is 18.9 Å². The van der Waals surface area contributed by atoms with Crippen molar-refractivity contribution in [2.24, 2.45) is 5.92 Å². The monoisotopic (exact) mass is 354 g/mol. The second-order valence-electron chi connectivity index (χ2n) is 7.88. The highest BCUT2D eigenvalue weighted by Crippen LogP contribution is 2.36. The standard InChI is InChI=1S/C22H30O2Si/c1-18(2)21(23)16-17-24-25(22(3,4)5,19-12-8-6-9-13-19)20-14-10-7-11-15-20/h6-15,18H,16-17H2,1-5H3. The second-order valence-corrected chi connectivity index (χ2v) is 12.2. The summed E-state index contributed by atoms with van der Waals surface area (Å²) < 4.78 is 6.71. The second kappa shape index (κ2) is 8.11. The number of Topliss-reactive ketones (excluding diaryl/α,β-unsaturated/α-hetero) is 1. The minimum atomic E-state index is -2.50. The van der Waals surface area contributed by atoms with Crippen molar-refractivity contribution < 1.29 is 9.22 Å². The van der Waals surface area contributed by atoms with Gasteiger partial charge < -0.3 is 4.43 Å². The number of carbonyl (C=O) groups is 1. The molecule has 2 aromatic carbocycles. The van der Waals surface area contributed by atoms with Crippen LogP contribution in [-0.2, 0) is 9.22 Å². The van der Waals surface area contributed by atoms with Crippen LogP contribution in [-0.4, -0.2) is 20.7 Å². The third-order valence-electron chi connectivity index (χ3n) is 4.73. The summed E-state index contributed by atoms with van der Waals surface area (Å²) in [5.74, 6) is 0.320. The predicted molar refractivity (Wildman–Crippen MR) is 108 cm³/mol. The van der Waals surface area contributed by atoms with Crippen LogP contribution >= 0.6 is 0 Å². The van der Waals surface area contributed by atoms with E-state index in [0.717, 1.165) is 0 Å². The van der Waals surface area contributed by atoms with Crippen molar-refractivity contribution >= 4 is 24.5 Å². The van der Waals surface area contributed by atoms with Gasteiger partial charge >= 0.3 is 0 Å². The van der Waals surface area contributed by atoms with Gasteiger partial charge in [0.25, 0.3) is 8.32 Å². The third kappa shape index (κ3) is 4.28. The first kappa shape index (κ1) is 19.6. The zero-order valence-electron chi connectivity index (χ0n) is 16.1. The fourth-order valence-corrected chi connectivity index (χ4v) is 7.92. The van der Waals surface area contributed by atoms with Crippen LogP contribution in [0.15, 0.2) is 60.7 Å². The fourth-order valence-electron chi connectivity index (χ4n) is 3.35. The summed E-state index contributed by atoms with van der Waals surface area (Å²) in [6.07, 6.45) is 0.474. The smallest absolute Gasteiger partial charge is 0.261 e. The molecule has 0 aromatic heterocycles. The molecule has 0 bridgehead atoms. The zero-order valence-corrected chi connectivity index (χ0v) is 17.1. The highest BCUT2D eigenvalue weighted by molar-refractivity contribution is 6.99. The third-order valence-corrected chi connectivity index (χ3v) is 9.77. The van der Waals surface area contributed by atoms with Gasteiger partial charge in [0.2, 0.25) is 0 Å². The molecule has 0 aliphatic rings. The summed E-state index contributed by atoms with van der Waals surface area (Å²) in [6.45, 7) is 11.1. The van der Waals surface area contributed by atoms with E-state index in [9.17, 15) is 4.79 Å². The summed E-state index contributed by atoms with van der Waals surface area (Å²) in [5.41, 5.74) is 0. The van der Waals surface area contributed by atoms with Crippen LogP contribution in [0.3, 0.4) is 0 Å². The number of ketones is 1. The van der Waals surface area contributed by atoms with Gasteiger partial charge in [0.1, 0.15) is 5.78 Å². The average Bonchev–Trinajstić information content (AvgIpc) is 2.59. The molecule has 0 unspecified atom stereocenters. The Kier molecular flexibility index (Phi) is 6.36. The Hall–Kier alpha value is -1.71. The Morgan fingerprint density at radius 1 is 0.920 bits per heavy atom. The molecule has 2 nitrogen and oxygen atoms in total. The van der Waals surface area contributed by atoms with E-state index >= 15 is 0 Å². The Bertz CT molecular complexity index is 633. The van der Waals surface area contributed by atoms with Gasteiger partial charge in [0.05, 0.1) is 0 Å². The minimum absolute atomic E-state index is 0.0451. The van der Waals surface area contributed by atoms with Gasteiger partial charge in [-0.2, -0.15) is 0 Å². The highest BCUT2D eigenvalue weighted by atomic mass is 28.4. The Morgan fingerprint density at radius 2 is 1.36 bits per heavy atom. The average molecular weight is 355 g/mol. The molecule has 0 N–H and O–H groups in total. The van der Waals surface area contributed by atoms with E-state index < -0.39 is 8.32 Å². The van der Waals surface area contributed by atoms with Gasteiger partial charge in [-0.1, -0.05) is 95.3 Å². The lowest BCUT2D eigenvalue weighted by atomic mass is 10.1. The van der Waals surface area contributed by atoms with Crippen LogP contribution in [0.25, 0.3) is 0 Å². The topological polar surface area (TPSA) is 26.3 Å². The minimum Gasteiger partial charge on any atom is -0.407 e. The van der Waals surface area contributed by atoms with Crippen LogP contribution in [0.1, 0.15) is 41.0 Å². The molecule has 3 heteroatoms. The van der Waals surface area contributed by atoms with Gasteiger partial charge in [-0.25, -0.2) is 0 Å². The van der Waals surface area contributed by atoms with E-state index in [0.29, 0.717) is 13.0 Å². The number of carbonyl (C=O) groups excluding carboxylic acids is 1. The molecule has 0 heterocycles. The van der Waals surface area contributed by atoms with Crippen molar-refractivity contribution in [3.63, 3.8) is 0 Å². The molecule has 2 rings (SSSR count). The van der Waals surface area contributed by atoms with Gasteiger partial charge in [-0.15, -0.1) is 0 Å². The molecular formula is C22H30O2Si. The van der Waals surface area contributed by atoms with E-state index in [1.807, 2.05) is 26.0 Å². The molecule has 0 spiro atoms. The lowest BCUT2D eigenvalue weighted by molar-refractivity contribution is -0.122. The highest BCUT2D eigenvalue weighted by Gasteiger charge is 2.50. The summed E-state index contributed by atoms with van der Waals surface area (Å²) in [7, 11) is -2.50. The lowest BCUT2D eigenvalue weighted by Crippen LogP contribution is -2.66. The first-order valence-corrected chi connectivity index (χ1v) is 11.0. The van der Waals surface area contributed by atoms with Crippen molar-refractivity contribution in [1.29, 1.82) is 0 Å². The molecule has 0 aliphatic carbocycles. The van der Waals surface area contributed by atoms with Crippen LogP contribution in [0.4, 0.5) is 0 Å². The molecule has 0 amide bonds. The van der Waals surface area contributed by atoms with Crippen molar-refractivity contribution in [2.75, 3.05) is 6.61 Å². The van der Waals surface area contributed by atoms with Crippen molar-refractivity contribution in [3.05, 3.63) is 60.7 Å². The van der Waals surface area contributed by atoms with Crippen LogP contribution in [0.5, 0.6) is 0 Å². The van der Waals surface area contributed by atoms with Crippen LogP contribution < -0.4 is 10.4 Å². The van der Waals surface area contributed by atoms with E-state index in [1.165, 1.54) is 10.4 Å². The Morgan fingerprint density at radius 3 is 1.72 bits per heavy atom. The molecule has 0 saturated carbocycles. The Labute approximate surface area is 153 Å². The number of hydrogen-bond donors (Lipinski definition) is 0. The molecule has 25 heavy (non-hydrogen) atoms. The predicted octanol–water partition coefficient (Wildman–Crippen LogP) is 4.18. The first-order chi connectivity index (χ1) is 11.8. The number of benzene rings is 2. The summed E-state index contributed by atoms with van der Waals surface area (Å²) in [5, 5.41) is 2.47. The van der Waals surface area contributed by atoms with Gasteiger partial charge in [0.15, 0.2) is 0 Å². The largest absolute Gasteiger partial charge is 0.407 e. The molecule has 134 valence electrons. The number of rotatable bonds is 7. The van der Waals surface area contributed by atoms with Crippen LogP contribution in [0.2, 0.25) is 5.04 Å². The lowest BCUT2D eigenvalue weighted by Gasteiger charge is -2.43. The molecule has 2 aromatic rings. The quantitative estimate of drug-likeness (QED) is 0.697. The fraction of sp³-hybridized carbons (Fsp3) is 0.409. The molecule has 0 fully saturated rings. The summed E-state index contributed by atoms with van der Waals surface area (Å²) in [6, 6.07) is 21.1. The van der Waals surface area contributed by atoms with Gasteiger partial charge in [-0.3, -0.25) is 4.79 Å². The molecule has 0 saturated heterocycles. The Balaban J connectivity index is 2.47. The maximum Gasteiger partial charge on any atom is 0.261 e.